The van der Waals surface area contributed by atoms with Gasteiger partial charge in [-0.15, -0.1) is 0 Å². The van der Waals surface area contributed by atoms with E-state index >= 15 is 0 Å². The zero-order valence-corrected chi connectivity index (χ0v) is 7.36. The second-order valence-corrected chi connectivity index (χ2v) is 4.16. The molecule has 3 N–H and O–H groups in total. The molecule has 5 nitrogen and oxygen atoms in total. The zero-order chi connectivity index (χ0) is 9.19. The molecule has 1 saturated carbocycles. The SMILES string of the molecule is NNC(=O)C1(S(=O)[O-])CCCC1. The quantitative estimate of drug-likeness (QED) is 0.258. The first-order chi connectivity index (χ1) is 5.63. The second-order valence-electron chi connectivity index (χ2n) is 2.91. The lowest BCUT2D eigenvalue weighted by Gasteiger charge is -2.28. The van der Waals surface area contributed by atoms with Crippen LogP contribution in [0.5, 0.6) is 0 Å². The molecule has 0 aromatic rings. The molecule has 12 heavy (non-hydrogen) atoms. The van der Waals surface area contributed by atoms with Gasteiger partial charge in [0.15, 0.2) is 0 Å². The first-order valence-corrected chi connectivity index (χ1v) is 4.81. The highest BCUT2D eigenvalue weighted by Gasteiger charge is 2.42. The van der Waals surface area contributed by atoms with Gasteiger partial charge in [0.2, 0.25) is 0 Å². The molecule has 0 aliphatic heterocycles. The Morgan fingerprint density at radius 1 is 1.50 bits per heavy atom. The van der Waals surface area contributed by atoms with E-state index in [2.05, 4.69) is 0 Å². The molecular formula is C6H11N2O3S-. The average molecular weight is 191 g/mol. The van der Waals surface area contributed by atoms with E-state index in [0.29, 0.717) is 12.8 Å². The molecule has 70 valence electrons. The van der Waals surface area contributed by atoms with E-state index < -0.39 is 21.7 Å². The van der Waals surface area contributed by atoms with E-state index in [0.717, 1.165) is 12.8 Å². The Hall–Kier alpha value is -0.460. The predicted molar refractivity (Wildman–Crippen MR) is 42.4 cm³/mol. The third-order valence-corrected chi connectivity index (χ3v) is 3.51. The summed E-state index contributed by atoms with van der Waals surface area (Å²) in [5.41, 5.74) is 1.90. The topological polar surface area (TPSA) is 95.2 Å². The molecule has 0 aromatic heterocycles. The van der Waals surface area contributed by atoms with Gasteiger partial charge in [-0.25, -0.2) is 5.84 Å². The Morgan fingerprint density at radius 3 is 2.33 bits per heavy atom. The monoisotopic (exact) mass is 191 g/mol. The van der Waals surface area contributed by atoms with E-state index in [4.69, 9.17) is 5.84 Å². The van der Waals surface area contributed by atoms with Gasteiger partial charge in [0, 0.05) is 0 Å². The molecule has 6 heteroatoms. The van der Waals surface area contributed by atoms with E-state index in [9.17, 15) is 13.6 Å². The number of hydrogen-bond acceptors (Lipinski definition) is 4. The molecule has 1 fully saturated rings. The fourth-order valence-electron chi connectivity index (χ4n) is 1.55. The van der Waals surface area contributed by atoms with E-state index in [1.165, 1.54) is 0 Å². The minimum Gasteiger partial charge on any atom is -0.772 e. The van der Waals surface area contributed by atoms with Crippen molar-refractivity contribution in [3.63, 3.8) is 0 Å². The van der Waals surface area contributed by atoms with Crippen molar-refractivity contribution in [2.45, 2.75) is 30.4 Å². The summed E-state index contributed by atoms with van der Waals surface area (Å²) in [6.45, 7) is 0. The summed E-state index contributed by atoms with van der Waals surface area (Å²) in [5, 5.41) is 0. The van der Waals surface area contributed by atoms with Crippen molar-refractivity contribution in [3.8, 4) is 0 Å². The van der Waals surface area contributed by atoms with Gasteiger partial charge in [-0.1, -0.05) is 12.8 Å². The molecule has 0 radical (unpaired) electrons. The molecule has 0 heterocycles. The number of amides is 1. The number of hydrazine groups is 1. The lowest BCUT2D eigenvalue weighted by molar-refractivity contribution is -0.123. The van der Waals surface area contributed by atoms with Crippen LogP contribution in [-0.2, 0) is 15.9 Å². The summed E-state index contributed by atoms with van der Waals surface area (Å²) in [6, 6.07) is 0. The Balaban J connectivity index is 2.86. The normalized spacial score (nSPS) is 23.5. The van der Waals surface area contributed by atoms with Crippen LogP contribution >= 0.6 is 0 Å². The molecule has 0 spiro atoms. The molecule has 0 aromatic carbocycles. The maximum atomic E-state index is 11.1. The van der Waals surface area contributed by atoms with Crippen molar-refractivity contribution in [3.05, 3.63) is 0 Å². The smallest absolute Gasteiger partial charge is 0.251 e. The molecule has 1 aliphatic rings. The van der Waals surface area contributed by atoms with Gasteiger partial charge in [-0.2, -0.15) is 0 Å². The van der Waals surface area contributed by atoms with Crippen molar-refractivity contribution in [1.82, 2.24) is 5.43 Å². The summed E-state index contributed by atoms with van der Waals surface area (Å²) >= 11 is -2.37. The van der Waals surface area contributed by atoms with E-state index in [1.807, 2.05) is 5.43 Å². The molecule has 1 aliphatic carbocycles. The number of rotatable bonds is 2. The molecule has 1 amide bonds. The van der Waals surface area contributed by atoms with Crippen LogP contribution in [0.15, 0.2) is 0 Å². The largest absolute Gasteiger partial charge is 0.772 e. The molecule has 1 unspecified atom stereocenters. The van der Waals surface area contributed by atoms with Crippen molar-refractivity contribution >= 4 is 17.0 Å². The highest BCUT2D eigenvalue weighted by atomic mass is 32.2. The first-order valence-electron chi connectivity index (χ1n) is 3.74. The molecule has 1 rings (SSSR count). The Morgan fingerprint density at radius 2 is 2.00 bits per heavy atom. The lowest BCUT2D eigenvalue weighted by Crippen LogP contribution is -2.50. The van der Waals surface area contributed by atoms with Crippen LogP contribution in [0, 0.1) is 0 Å². The summed E-state index contributed by atoms with van der Waals surface area (Å²) in [5.74, 6) is 4.31. The van der Waals surface area contributed by atoms with Crippen LogP contribution in [0.1, 0.15) is 25.7 Å². The number of nitrogens with two attached hydrogens (primary N) is 1. The summed E-state index contributed by atoms with van der Waals surface area (Å²) in [7, 11) is 0. The van der Waals surface area contributed by atoms with Gasteiger partial charge in [0.05, 0.1) is 0 Å². The van der Waals surface area contributed by atoms with Gasteiger partial charge >= 0.3 is 0 Å². The van der Waals surface area contributed by atoms with Crippen LogP contribution in [0.25, 0.3) is 0 Å². The maximum Gasteiger partial charge on any atom is 0.251 e. The summed E-state index contributed by atoms with van der Waals surface area (Å²) in [6.07, 6.45) is 2.29. The number of hydrogen-bond donors (Lipinski definition) is 2. The van der Waals surface area contributed by atoms with Gasteiger partial charge in [0.25, 0.3) is 5.91 Å². The van der Waals surface area contributed by atoms with Crippen molar-refractivity contribution in [1.29, 1.82) is 0 Å². The predicted octanol–water partition coefficient (Wildman–Crippen LogP) is -0.832. The Labute approximate surface area is 73.0 Å². The van der Waals surface area contributed by atoms with Crippen LogP contribution in [0.4, 0.5) is 0 Å². The van der Waals surface area contributed by atoms with Crippen molar-refractivity contribution in [2.24, 2.45) is 5.84 Å². The fraction of sp³-hybridized carbons (Fsp3) is 0.833. The Bertz CT molecular complexity index is 213. The molecule has 0 saturated heterocycles. The first kappa shape index (κ1) is 9.63. The maximum absolute atomic E-state index is 11.1. The molecule has 1 atom stereocenters. The van der Waals surface area contributed by atoms with Gasteiger partial charge in [0.1, 0.15) is 4.75 Å². The van der Waals surface area contributed by atoms with Crippen LogP contribution in [0.2, 0.25) is 0 Å². The minimum atomic E-state index is -2.37. The Kier molecular flexibility index (Phi) is 2.81. The minimum absolute atomic E-state index is 0.381. The van der Waals surface area contributed by atoms with Gasteiger partial charge in [-0.3, -0.25) is 14.4 Å². The fourth-order valence-corrected chi connectivity index (χ4v) is 2.38. The number of nitrogens with one attached hydrogen (secondary N) is 1. The van der Waals surface area contributed by atoms with E-state index in [1.54, 1.807) is 0 Å². The van der Waals surface area contributed by atoms with E-state index in [-0.39, 0.29) is 0 Å². The number of carbonyl (C=O) groups excluding carboxylic acids is 1. The van der Waals surface area contributed by atoms with Gasteiger partial charge < -0.3 is 4.55 Å². The van der Waals surface area contributed by atoms with Crippen LogP contribution < -0.4 is 11.3 Å². The second kappa shape index (κ2) is 3.51. The summed E-state index contributed by atoms with van der Waals surface area (Å²) < 4.78 is 20.4. The molecule has 0 bridgehead atoms. The highest BCUT2D eigenvalue weighted by molar-refractivity contribution is 7.81. The van der Waals surface area contributed by atoms with Crippen molar-refractivity contribution in [2.75, 3.05) is 0 Å². The third kappa shape index (κ3) is 1.37. The number of carbonyl (C=O) groups is 1. The molecular weight excluding hydrogens is 180 g/mol. The van der Waals surface area contributed by atoms with Crippen LogP contribution in [0.3, 0.4) is 0 Å². The van der Waals surface area contributed by atoms with Crippen LogP contribution in [-0.4, -0.2) is 19.4 Å². The average Bonchev–Trinajstić information content (AvgIpc) is 2.52. The van der Waals surface area contributed by atoms with Crippen molar-refractivity contribution < 1.29 is 13.6 Å². The third-order valence-electron chi connectivity index (χ3n) is 2.28. The zero-order valence-electron chi connectivity index (χ0n) is 6.54. The lowest BCUT2D eigenvalue weighted by atomic mass is 10.1. The summed E-state index contributed by atoms with van der Waals surface area (Å²) in [4.78, 5) is 11.1. The highest BCUT2D eigenvalue weighted by Crippen LogP contribution is 2.34. The van der Waals surface area contributed by atoms with Gasteiger partial charge in [-0.05, 0) is 23.9 Å². The standard InChI is InChI=1S/C6H12N2O3S/c7-8-5(9)6(12(10)11)3-1-2-4-6/h1-4,7H2,(H,8,9)(H,10,11)/p-1.